The van der Waals surface area contributed by atoms with E-state index in [2.05, 4.69) is 9.98 Å². The highest BCUT2D eigenvalue weighted by Gasteiger charge is 2.41. The number of rotatable bonds is 4. The molecule has 1 aliphatic rings. The molecule has 0 fully saturated rings. The van der Waals surface area contributed by atoms with Crippen LogP contribution in [-0.2, 0) is 9.53 Å². The van der Waals surface area contributed by atoms with Gasteiger partial charge in [0.25, 0.3) is 5.91 Å². The van der Waals surface area contributed by atoms with E-state index in [1.165, 1.54) is 0 Å². The van der Waals surface area contributed by atoms with Crippen LogP contribution in [0.5, 0.6) is 0 Å². The summed E-state index contributed by atoms with van der Waals surface area (Å²) in [7, 11) is 0. The van der Waals surface area contributed by atoms with Gasteiger partial charge in [-0.2, -0.15) is 0 Å². The minimum atomic E-state index is -0.618. The topological polar surface area (TPSA) is 121 Å². The molecule has 0 bridgehead atoms. The zero-order valence-electron chi connectivity index (χ0n) is 13.9. The number of aromatic nitrogens is 1. The van der Waals surface area contributed by atoms with Crippen LogP contribution in [0.25, 0.3) is 0 Å². The monoisotopic (exact) mass is 358 g/mol. The van der Waals surface area contributed by atoms with Crippen LogP contribution in [0.4, 0.5) is 10.7 Å². The second kappa shape index (κ2) is 6.64. The fourth-order valence-corrected chi connectivity index (χ4v) is 4.17. The third kappa shape index (κ3) is 2.89. The van der Waals surface area contributed by atoms with Crippen molar-refractivity contribution < 1.29 is 14.3 Å². The van der Waals surface area contributed by atoms with Crippen LogP contribution in [0.15, 0.2) is 29.5 Å². The van der Waals surface area contributed by atoms with E-state index < -0.39 is 17.7 Å². The van der Waals surface area contributed by atoms with Crippen molar-refractivity contribution in [1.29, 1.82) is 0 Å². The summed E-state index contributed by atoms with van der Waals surface area (Å²) < 4.78 is 5.25. The first-order valence-corrected chi connectivity index (χ1v) is 8.61. The second-order valence-corrected chi connectivity index (χ2v) is 6.67. The van der Waals surface area contributed by atoms with E-state index in [4.69, 9.17) is 16.2 Å². The summed E-state index contributed by atoms with van der Waals surface area (Å²) in [6.07, 6.45) is 3.30. The lowest BCUT2D eigenvalue weighted by Gasteiger charge is -2.29. The van der Waals surface area contributed by atoms with Crippen molar-refractivity contribution in [3.05, 3.63) is 40.5 Å². The maximum atomic E-state index is 12.6. The van der Waals surface area contributed by atoms with Crippen molar-refractivity contribution in [2.75, 3.05) is 12.3 Å². The molecule has 4 N–H and O–H groups in total. The molecule has 1 amide bonds. The van der Waals surface area contributed by atoms with Crippen LogP contribution in [-0.4, -0.2) is 29.2 Å². The average molecular weight is 358 g/mol. The van der Waals surface area contributed by atoms with Gasteiger partial charge in [0, 0.05) is 29.6 Å². The van der Waals surface area contributed by atoms with Gasteiger partial charge in [0.1, 0.15) is 15.8 Å². The molecule has 2 atom stereocenters. The lowest BCUT2D eigenvalue weighted by molar-refractivity contribution is -0.146. The van der Waals surface area contributed by atoms with Gasteiger partial charge in [-0.25, -0.2) is 4.99 Å². The Bertz CT molecular complexity index is 860. The summed E-state index contributed by atoms with van der Waals surface area (Å²) >= 11 is 1.14. The Morgan fingerprint density at radius 2 is 2.00 bits per heavy atom. The molecular weight excluding hydrogens is 340 g/mol. The van der Waals surface area contributed by atoms with Crippen molar-refractivity contribution in [2.45, 2.75) is 19.8 Å². The molecule has 130 valence electrons. The summed E-state index contributed by atoms with van der Waals surface area (Å²) in [6, 6.07) is 3.64. The highest BCUT2D eigenvalue weighted by Crippen LogP contribution is 2.50. The van der Waals surface area contributed by atoms with Crippen molar-refractivity contribution >= 4 is 39.6 Å². The molecule has 3 heterocycles. The third-order valence-electron chi connectivity index (χ3n) is 4.17. The summed E-state index contributed by atoms with van der Waals surface area (Å²) in [5.41, 5.74) is 14.0. The number of anilines is 1. The summed E-state index contributed by atoms with van der Waals surface area (Å²) in [5.74, 6) is -2.00. The predicted octanol–water partition coefficient (Wildman–Crippen LogP) is 2.24. The summed E-state index contributed by atoms with van der Waals surface area (Å²) in [6.45, 7) is 3.80. The maximum Gasteiger partial charge on any atom is 0.315 e. The minimum absolute atomic E-state index is 0.255. The molecule has 0 saturated heterocycles. The highest BCUT2D eigenvalue weighted by molar-refractivity contribution is 7.18. The lowest BCUT2D eigenvalue weighted by Crippen LogP contribution is -2.33. The number of esters is 1. The van der Waals surface area contributed by atoms with E-state index >= 15 is 0 Å². The number of nitrogens with two attached hydrogens (primary N) is 2. The van der Waals surface area contributed by atoms with Gasteiger partial charge in [-0.3, -0.25) is 14.6 Å². The number of aliphatic imine (C=N–C) groups is 1. The Kier molecular flexibility index (Phi) is 4.54. The van der Waals surface area contributed by atoms with E-state index in [1.54, 1.807) is 26.2 Å². The quantitative estimate of drug-likeness (QED) is 0.812. The van der Waals surface area contributed by atoms with E-state index in [0.29, 0.717) is 16.3 Å². The van der Waals surface area contributed by atoms with Gasteiger partial charge in [0.05, 0.1) is 12.3 Å². The molecule has 2 aromatic rings. The lowest BCUT2D eigenvalue weighted by atomic mass is 9.77. The first-order valence-electron chi connectivity index (χ1n) is 7.79. The van der Waals surface area contributed by atoms with E-state index in [1.807, 2.05) is 12.1 Å². The number of pyridine rings is 1. The Morgan fingerprint density at radius 1 is 1.32 bits per heavy atom. The normalized spacial score (nSPS) is 19.0. The van der Waals surface area contributed by atoms with Gasteiger partial charge in [0.15, 0.2) is 0 Å². The summed E-state index contributed by atoms with van der Waals surface area (Å²) in [5, 5.41) is 0.603. The van der Waals surface area contributed by atoms with E-state index in [9.17, 15) is 9.59 Å². The van der Waals surface area contributed by atoms with Gasteiger partial charge in [0.2, 0.25) is 0 Å². The Morgan fingerprint density at radius 3 is 2.60 bits per heavy atom. The predicted molar refractivity (Wildman–Crippen MR) is 96.2 cm³/mol. The molecular formula is C17H18N4O3S. The van der Waals surface area contributed by atoms with Crippen LogP contribution < -0.4 is 11.5 Å². The fraction of sp³-hybridized carbons (Fsp3) is 0.294. The minimum Gasteiger partial charge on any atom is -0.465 e. The summed E-state index contributed by atoms with van der Waals surface area (Å²) in [4.78, 5) is 33.1. The van der Waals surface area contributed by atoms with Crippen LogP contribution in [0, 0.1) is 5.92 Å². The number of hydrogen-bond donors (Lipinski definition) is 2. The number of hydrogen-bond acceptors (Lipinski definition) is 7. The third-order valence-corrected chi connectivity index (χ3v) is 5.30. The van der Waals surface area contributed by atoms with E-state index in [-0.39, 0.29) is 23.1 Å². The van der Waals surface area contributed by atoms with E-state index in [0.717, 1.165) is 16.9 Å². The van der Waals surface area contributed by atoms with Gasteiger partial charge in [-0.05, 0) is 31.5 Å². The Labute approximate surface area is 148 Å². The first-order chi connectivity index (χ1) is 12.0. The molecule has 1 aliphatic heterocycles. The van der Waals surface area contributed by atoms with Gasteiger partial charge < -0.3 is 16.2 Å². The molecule has 0 saturated carbocycles. The maximum absolute atomic E-state index is 12.6. The van der Waals surface area contributed by atoms with Crippen LogP contribution >= 0.6 is 11.3 Å². The van der Waals surface area contributed by atoms with Gasteiger partial charge >= 0.3 is 5.97 Å². The molecule has 0 aliphatic carbocycles. The molecule has 2 unspecified atom stereocenters. The average Bonchev–Trinajstić information content (AvgIpc) is 2.91. The smallest absolute Gasteiger partial charge is 0.315 e. The number of nitrogens with zero attached hydrogens (tertiary/aromatic N) is 2. The van der Waals surface area contributed by atoms with Crippen LogP contribution in [0.2, 0.25) is 0 Å². The molecule has 3 rings (SSSR count). The zero-order chi connectivity index (χ0) is 18.1. The largest absolute Gasteiger partial charge is 0.465 e. The van der Waals surface area contributed by atoms with Crippen molar-refractivity contribution in [3.8, 4) is 0 Å². The van der Waals surface area contributed by atoms with Gasteiger partial charge in [-0.15, -0.1) is 11.3 Å². The molecule has 0 aromatic carbocycles. The number of carbonyl (C=O) groups is 2. The van der Waals surface area contributed by atoms with Crippen LogP contribution in [0.3, 0.4) is 0 Å². The fourth-order valence-electron chi connectivity index (χ4n) is 3.12. The number of primary amides is 1. The highest BCUT2D eigenvalue weighted by atomic mass is 32.1. The van der Waals surface area contributed by atoms with Gasteiger partial charge in [-0.1, -0.05) is 0 Å². The Hall–Kier alpha value is -2.74. The van der Waals surface area contributed by atoms with Crippen LogP contribution in [0.1, 0.15) is 40.6 Å². The Balaban J connectivity index is 2.23. The molecule has 7 nitrogen and oxygen atoms in total. The number of fused-ring (bicyclic) bond motifs is 1. The first kappa shape index (κ1) is 17.1. The van der Waals surface area contributed by atoms with Crippen molar-refractivity contribution in [3.63, 3.8) is 0 Å². The number of nitrogen functional groups attached to an aromatic ring is 1. The van der Waals surface area contributed by atoms with Crippen molar-refractivity contribution in [1.82, 2.24) is 4.98 Å². The number of amides is 1. The molecule has 8 heteroatoms. The zero-order valence-corrected chi connectivity index (χ0v) is 14.7. The standard InChI is InChI=1S/C17H18N4O3S/c1-3-24-17(23)10-8(2)21-16-12(13(18)14(25-16)15(19)22)11(10)9-4-6-20-7-5-9/h4-7,10-11H,3,18H2,1-2H3,(H2,19,22). The second-order valence-electron chi connectivity index (χ2n) is 5.67. The SMILES string of the molecule is CCOC(=O)C1C(C)=Nc2sc(C(N)=O)c(N)c2C1c1ccncc1. The molecule has 0 radical (unpaired) electrons. The molecule has 2 aromatic heterocycles. The molecule has 25 heavy (non-hydrogen) atoms. The number of thiophene rings is 1. The van der Waals surface area contributed by atoms with Crippen molar-refractivity contribution in [2.24, 2.45) is 16.6 Å². The number of ether oxygens (including phenoxy) is 1. The molecule has 0 spiro atoms. The number of carbonyl (C=O) groups excluding carboxylic acids is 2.